The predicted octanol–water partition coefficient (Wildman–Crippen LogP) is 0.953. The summed E-state index contributed by atoms with van der Waals surface area (Å²) in [6.45, 7) is 3.73. The molecule has 0 fully saturated rings. The van der Waals surface area contributed by atoms with Crippen molar-refractivity contribution in [2.75, 3.05) is 0 Å². The highest BCUT2D eigenvalue weighted by Gasteiger charge is 2.12. The van der Waals surface area contributed by atoms with Crippen molar-refractivity contribution in [2.24, 2.45) is 5.73 Å². The van der Waals surface area contributed by atoms with Crippen LogP contribution in [-0.4, -0.2) is 28.2 Å². The maximum Gasteiger partial charge on any atom is 0.251 e. The third kappa shape index (κ3) is 3.96. The molecule has 0 spiro atoms. The van der Waals surface area contributed by atoms with Crippen LogP contribution in [0.5, 0.6) is 11.5 Å². The van der Waals surface area contributed by atoms with Gasteiger partial charge in [0.1, 0.15) is 0 Å². The minimum atomic E-state index is -0.308. The Bertz CT molecular complexity index is 405. The van der Waals surface area contributed by atoms with Gasteiger partial charge in [-0.1, -0.05) is 0 Å². The maximum absolute atomic E-state index is 11.8. The number of nitrogens with one attached hydrogen (secondary N) is 1. The van der Waals surface area contributed by atoms with E-state index in [1.165, 1.54) is 18.2 Å². The molecule has 0 saturated carbocycles. The monoisotopic (exact) mass is 238 g/mol. The molecule has 5 heteroatoms. The van der Waals surface area contributed by atoms with E-state index in [9.17, 15) is 9.90 Å². The second-order valence-electron chi connectivity index (χ2n) is 4.29. The van der Waals surface area contributed by atoms with Gasteiger partial charge in [0, 0.05) is 17.6 Å². The van der Waals surface area contributed by atoms with Crippen molar-refractivity contribution in [2.45, 2.75) is 32.4 Å². The quantitative estimate of drug-likeness (QED) is 0.587. The first-order valence-electron chi connectivity index (χ1n) is 5.48. The molecule has 0 aliphatic carbocycles. The minimum Gasteiger partial charge on any atom is -0.504 e. The Balaban J connectivity index is 2.66. The average Bonchev–Trinajstić information content (AvgIpc) is 2.20. The first kappa shape index (κ1) is 13.3. The van der Waals surface area contributed by atoms with Gasteiger partial charge in [-0.2, -0.15) is 0 Å². The van der Waals surface area contributed by atoms with E-state index in [2.05, 4.69) is 5.32 Å². The highest BCUT2D eigenvalue weighted by molar-refractivity contribution is 5.95. The number of rotatable bonds is 4. The standard InChI is InChI=1S/C12H18N2O3/c1-7(13)5-8(2)14-12(17)9-3-4-10(15)11(16)6-9/h3-4,6-8,15-16H,5,13H2,1-2H3,(H,14,17). The first-order chi connectivity index (χ1) is 7.90. The molecule has 0 aliphatic rings. The molecule has 0 aliphatic heterocycles. The molecule has 0 heterocycles. The molecular formula is C12H18N2O3. The van der Waals surface area contributed by atoms with Gasteiger partial charge >= 0.3 is 0 Å². The topological polar surface area (TPSA) is 95.6 Å². The molecule has 2 unspecified atom stereocenters. The summed E-state index contributed by atoms with van der Waals surface area (Å²) in [5, 5.41) is 21.2. The van der Waals surface area contributed by atoms with Crippen molar-refractivity contribution in [1.82, 2.24) is 5.32 Å². The molecule has 2 atom stereocenters. The molecule has 1 rings (SSSR count). The second-order valence-corrected chi connectivity index (χ2v) is 4.29. The van der Waals surface area contributed by atoms with E-state index in [-0.39, 0.29) is 29.5 Å². The third-order valence-corrected chi connectivity index (χ3v) is 2.34. The van der Waals surface area contributed by atoms with Gasteiger partial charge in [-0.05, 0) is 38.5 Å². The van der Waals surface area contributed by atoms with E-state index in [4.69, 9.17) is 10.8 Å². The molecule has 17 heavy (non-hydrogen) atoms. The van der Waals surface area contributed by atoms with Crippen LogP contribution in [0.1, 0.15) is 30.6 Å². The lowest BCUT2D eigenvalue weighted by Gasteiger charge is -2.16. The van der Waals surface area contributed by atoms with Crippen molar-refractivity contribution >= 4 is 5.91 Å². The largest absolute Gasteiger partial charge is 0.504 e. The normalized spacial score (nSPS) is 14.1. The summed E-state index contributed by atoms with van der Waals surface area (Å²) in [4.78, 5) is 11.8. The van der Waals surface area contributed by atoms with Crippen LogP contribution in [0.4, 0.5) is 0 Å². The molecule has 0 bridgehead atoms. The molecule has 94 valence electrons. The summed E-state index contributed by atoms with van der Waals surface area (Å²) in [5.74, 6) is -0.851. The number of amides is 1. The van der Waals surface area contributed by atoms with Crippen LogP contribution in [0.2, 0.25) is 0 Å². The molecular weight excluding hydrogens is 220 g/mol. The van der Waals surface area contributed by atoms with Crippen molar-refractivity contribution in [3.63, 3.8) is 0 Å². The van der Waals surface area contributed by atoms with E-state index in [0.29, 0.717) is 12.0 Å². The summed E-state index contributed by atoms with van der Waals surface area (Å²) in [5.41, 5.74) is 5.93. The highest BCUT2D eigenvalue weighted by atomic mass is 16.3. The lowest BCUT2D eigenvalue weighted by atomic mass is 10.1. The third-order valence-electron chi connectivity index (χ3n) is 2.34. The van der Waals surface area contributed by atoms with Gasteiger partial charge in [0.05, 0.1) is 0 Å². The number of hydrogen-bond acceptors (Lipinski definition) is 4. The number of hydrogen-bond donors (Lipinski definition) is 4. The number of carbonyl (C=O) groups is 1. The molecule has 5 N–H and O–H groups in total. The molecule has 0 saturated heterocycles. The van der Waals surface area contributed by atoms with Crippen LogP contribution in [0.25, 0.3) is 0 Å². The number of phenols is 2. The van der Waals surface area contributed by atoms with E-state index in [1.54, 1.807) is 0 Å². The maximum atomic E-state index is 11.8. The molecule has 0 radical (unpaired) electrons. The fourth-order valence-corrected chi connectivity index (χ4v) is 1.59. The summed E-state index contributed by atoms with van der Waals surface area (Å²) in [6.07, 6.45) is 0.676. The molecule has 1 amide bonds. The molecule has 0 aromatic heterocycles. The van der Waals surface area contributed by atoms with Crippen molar-refractivity contribution in [1.29, 1.82) is 0 Å². The van der Waals surface area contributed by atoms with E-state index >= 15 is 0 Å². The fourth-order valence-electron chi connectivity index (χ4n) is 1.59. The zero-order chi connectivity index (χ0) is 13.0. The van der Waals surface area contributed by atoms with Crippen LogP contribution < -0.4 is 11.1 Å². The van der Waals surface area contributed by atoms with Crippen molar-refractivity contribution < 1.29 is 15.0 Å². The molecule has 5 nitrogen and oxygen atoms in total. The van der Waals surface area contributed by atoms with Gasteiger partial charge in [0.15, 0.2) is 11.5 Å². The van der Waals surface area contributed by atoms with Crippen LogP contribution in [0.15, 0.2) is 18.2 Å². The Kier molecular flexibility index (Phi) is 4.34. The Hall–Kier alpha value is -1.75. The number of benzene rings is 1. The lowest BCUT2D eigenvalue weighted by Crippen LogP contribution is -2.36. The SMILES string of the molecule is CC(N)CC(C)NC(=O)c1ccc(O)c(O)c1. The predicted molar refractivity (Wildman–Crippen MR) is 65.0 cm³/mol. The molecule has 1 aromatic rings. The Morgan fingerprint density at radius 2 is 2.00 bits per heavy atom. The fraction of sp³-hybridized carbons (Fsp3) is 0.417. The second kappa shape index (κ2) is 5.54. The molecule has 1 aromatic carbocycles. The number of carbonyl (C=O) groups excluding carboxylic acids is 1. The zero-order valence-electron chi connectivity index (χ0n) is 9.97. The van der Waals surface area contributed by atoms with Gasteiger partial charge < -0.3 is 21.3 Å². The van der Waals surface area contributed by atoms with Crippen molar-refractivity contribution in [3.8, 4) is 11.5 Å². The number of nitrogens with two attached hydrogens (primary N) is 1. The van der Waals surface area contributed by atoms with Gasteiger partial charge in [-0.25, -0.2) is 0 Å². The zero-order valence-corrected chi connectivity index (χ0v) is 9.97. The van der Waals surface area contributed by atoms with Gasteiger partial charge in [0.25, 0.3) is 5.91 Å². The van der Waals surface area contributed by atoms with Crippen molar-refractivity contribution in [3.05, 3.63) is 23.8 Å². The Labute approximate surface area is 100 Å². The lowest BCUT2D eigenvalue weighted by molar-refractivity contribution is 0.0937. The van der Waals surface area contributed by atoms with Gasteiger partial charge in [0.2, 0.25) is 0 Å². The highest BCUT2D eigenvalue weighted by Crippen LogP contribution is 2.24. The summed E-state index contributed by atoms with van der Waals surface area (Å²) >= 11 is 0. The van der Waals surface area contributed by atoms with Crippen LogP contribution in [-0.2, 0) is 0 Å². The van der Waals surface area contributed by atoms with E-state index < -0.39 is 0 Å². The van der Waals surface area contributed by atoms with Crippen LogP contribution >= 0.6 is 0 Å². The van der Waals surface area contributed by atoms with Gasteiger partial charge in [-0.15, -0.1) is 0 Å². The van der Waals surface area contributed by atoms with Crippen LogP contribution in [0, 0.1) is 0 Å². The minimum absolute atomic E-state index is 0.0125. The number of aromatic hydroxyl groups is 2. The average molecular weight is 238 g/mol. The van der Waals surface area contributed by atoms with E-state index in [1.807, 2.05) is 13.8 Å². The first-order valence-corrected chi connectivity index (χ1v) is 5.48. The Morgan fingerprint density at radius 3 is 2.53 bits per heavy atom. The summed E-state index contributed by atoms with van der Waals surface area (Å²) in [6, 6.07) is 3.92. The summed E-state index contributed by atoms with van der Waals surface area (Å²) in [7, 11) is 0. The smallest absolute Gasteiger partial charge is 0.251 e. The summed E-state index contributed by atoms with van der Waals surface area (Å²) < 4.78 is 0. The number of phenolic OH excluding ortho intramolecular Hbond substituents is 2. The Morgan fingerprint density at radius 1 is 1.35 bits per heavy atom. The van der Waals surface area contributed by atoms with Gasteiger partial charge in [-0.3, -0.25) is 4.79 Å². The van der Waals surface area contributed by atoms with E-state index in [0.717, 1.165) is 0 Å². The van der Waals surface area contributed by atoms with Crippen LogP contribution in [0.3, 0.4) is 0 Å².